The third kappa shape index (κ3) is 3.05. The smallest absolute Gasteiger partial charge is 0.129 e. The van der Waals surface area contributed by atoms with E-state index in [0.717, 1.165) is 17.7 Å². The first-order valence-corrected chi connectivity index (χ1v) is 5.81. The number of aliphatic hydroxyl groups is 1. The molecule has 2 aromatic rings. The third-order valence-electron chi connectivity index (χ3n) is 2.73. The molecule has 0 bridgehead atoms. The number of aryl methyl sites for hydroxylation is 2. The lowest BCUT2D eigenvalue weighted by Crippen LogP contribution is -2.03. The molecule has 1 unspecified atom stereocenters. The minimum absolute atomic E-state index is 0.438. The van der Waals surface area contributed by atoms with Crippen molar-refractivity contribution in [1.29, 1.82) is 0 Å². The summed E-state index contributed by atoms with van der Waals surface area (Å²) in [5.41, 5.74) is 1.89. The fraction of sp³-hybridized carbons (Fsp3) is 0.333. The molecule has 1 N–H and O–H groups in total. The summed E-state index contributed by atoms with van der Waals surface area (Å²) in [6.07, 6.45) is 4.26. The predicted molar refractivity (Wildman–Crippen MR) is 65.7 cm³/mol. The fourth-order valence-corrected chi connectivity index (χ4v) is 1.79. The number of halogens is 1. The van der Waals surface area contributed by atoms with E-state index in [1.54, 1.807) is 24.5 Å². The van der Waals surface area contributed by atoms with Gasteiger partial charge in [-0.2, -0.15) is 5.10 Å². The molecular formula is C12H14ClN3O. The van der Waals surface area contributed by atoms with Crippen LogP contribution >= 0.6 is 11.6 Å². The van der Waals surface area contributed by atoms with E-state index in [-0.39, 0.29) is 0 Å². The van der Waals surface area contributed by atoms with Gasteiger partial charge < -0.3 is 5.11 Å². The van der Waals surface area contributed by atoms with Gasteiger partial charge in [-0.15, -0.1) is 0 Å². The molecule has 0 fully saturated rings. The number of aromatic nitrogens is 3. The zero-order valence-corrected chi connectivity index (χ0v) is 10.3. The van der Waals surface area contributed by atoms with E-state index in [9.17, 15) is 5.11 Å². The Morgan fingerprint density at radius 2 is 2.24 bits per heavy atom. The molecule has 0 amide bonds. The number of rotatable bonds is 4. The van der Waals surface area contributed by atoms with Crippen LogP contribution in [0.25, 0.3) is 0 Å². The Morgan fingerprint density at radius 3 is 2.82 bits per heavy atom. The van der Waals surface area contributed by atoms with E-state index >= 15 is 0 Å². The van der Waals surface area contributed by atoms with Crippen molar-refractivity contribution in [3.05, 3.63) is 47.0 Å². The minimum Gasteiger partial charge on any atom is -0.388 e. The second kappa shape index (κ2) is 5.29. The number of hydrogen-bond donors (Lipinski definition) is 1. The monoisotopic (exact) mass is 251 g/mol. The van der Waals surface area contributed by atoms with E-state index in [4.69, 9.17) is 11.6 Å². The van der Waals surface area contributed by atoms with Crippen LogP contribution in [0.5, 0.6) is 0 Å². The Bertz CT molecular complexity index is 481. The average Bonchev–Trinajstić information content (AvgIpc) is 2.73. The van der Waals surface area contributed by atoms with Crippen LogP contribution in [0.15, 0.2) is 30.6 Å². The molecular weight excluding hydrogens is 238 g/mol. The van der Waals surface area contributed by atoms with E-state index in [1.807, 2.05) is 17.8 Å². The Hall–Kier alpha value is -1.39. The lowest BCUT2D eigenvalue weighted by molar-refractivity contribution is 0.166. The highest BCUT2D eigenvalue weighted by Gasteiger charge is 2.09. The van der Waals surface area contributed by atoms with Crippen molar-refractivity contribution in [1.82, 2.24) is 14.8 Å². The van der Waals surface area contributed by atoms with E-state index in [2.05, 4.69) is 10.1 Å². The minimum atomic E-state index is -0.519. The SMILES string of the molecule is Cn1nccc1CCC(O)c1ccc(Cl)nc1. The van der Waals surface area contributed by atoms with Crippen LogP contribution in [0, 0.1) is 0 Å². The summed E-state index contributed by atoms with van der Waals surface area (Å²) in [7, 11) is 1.89. The maximum atomic E-state index is 9.99. The molecule has 0 aliphatic rings. The quantitative estimate of drug-likeness (QED) is 0.847. The van der Waals surface area contributed by atoms with Crippen LogP contribution in [-0.2, 0) is 13.5 Å². The summed E-state index contributed by atoms with van der Waals surface area (Å²) in [5.74, 6) is 0. The molecule has 0 radical (unpaired) electrons. The largest absolute Gasteiger partial charge is 0.388 e. The van der Waals surface area contributed by atoms with Crippen molar-refractivity contribution in [3.63, 3.8) is 0 Å². The molecule has 2 rings (SSSR count). The van der Waals surface area contributed by atoms with Gasteiger partial charge >= 0.3 is 0 Å². The van der Waals surface area contributed by atoms with Crippen LogP contribution in [0.2, 0.25) is 5.15 Å². The maximum Gasteiger partial charge on any atom is 0.129 e. The molecule has 0 aliphatic heterocycles. The summed E-state index contributed by atoms with van der Waals surface area (Å²) in [5, 5.41) is 14.5. The Kier molecular flexibility index (Phi) is 3.76. The summed E-state index contributed by atoms with van der Waals surface area (Å²) in [6, 6.07) is 5.43. The molecule has 4 nitrogen and oxygen atoms in total. The molecule has 90 valence electrons. The summed E-state index contributed by atoms with van der Waals surface area (Å²) >= 11 is 5.69. The molecule has 0 aliphatic carbocycles. The third-order valence-corrected chi connectivity index (χ3v) is 2.95. The zero-order chi connectivity index (χ0) is 12.3. The van der Waals surface area contributed by atoms with E-state index in [0.29, 0.717) is 11.6 Å². The van der Waals surface area contributed by atoms with Crippen molar-refractivity contribution in [2.45, 2.75) is 18.9 Å². The first-order chi connectivity index (χ1) is 8.16. The van der Waals surface area contributed by atoms with Crippen molar-refractivity contribution in [2.24, 2.45) is 7.05 Å². The van der Waals surface area contributed by atoms with Gasteiger partial charge in [-0.25, -0.2) is 4.98 Å². The second-order valence-corrected chi connectivity index (χ2v) is 4.30. The van der Waals surface area contributed by atoms with Gasteiger partial charge in [-0.1, -0.05) is 17.7 Å². The molecule has 0 saturated carbocycles. The topological polar surface area (TPSA) is 50.9 Å². The predicted octanol–water partition coefficient (Wildman–Crippen LogP) is 2.13. The number of nitrogens with zero attached hydrogens (tertiary/aromatic N) is 3. The number of aliphatic hydroxyl groups excluding tert-OH is 1. The number of hydrogen-bond acceptors (Lipinski definition) is 3. The van der Waals surface area contributed by atoms with Crippen LogP contribution in [0.3, 0.4) is 0 Å². The van der Waals surface area contributed by atoms with Crippen molar-refractivity contribution >= 4 is 11.6 Å². The molecule has 2 aromatic heterocycles. The van der Waals surface area contributed by atoms with Gasteiger partial charge in [0.05, 0.1) is 6.10 Å². The average molecular weight is 252 g/mol. The van der Waals surface area contributed by atoms with Crippen LogP contribution in [0.4, 0.5) is 0 Å². The molecule has 1 atom stereocenters. The van der Waals surface area contributed by atoms with Gasteiger partial charge in [-0.3, -0.25) is 4.68 Å². The van der Waals surface area contributed by atoms with Crippen LogP contribution < -0.4 is 0 Å². The summed E-state index contributed by atoms with van der Waals surface area (Å²) in [6.45, 7) is 0. The lowest BCUT2D eigenvalue weighted by atomic mass is 10.1. The van der Waals surface area contributed by atoms with Gasteiger partial charge in [0, 0.05) is 25.1 Å². The Balaban J connectivity index is 1.95. The molecule has 0 aromatic carbocycles. The Morgan fingerprint density at radius 1 is 1.41 bits per heavy atom. The highest BCUT2D eigenvalue weighted by molar-refractivity contribution is 6.29. The van der Waals surface area contributed by atoms with Crippen molar-refractivity contribution < 1.29 is 5.11 Å². The highest BCUT2D eigenvalue weighted by Crippen LogP contribution is 2.19. The normalized spacial score (nSPS) is 12.6. The first kappa shape index (κ1) is 12.1. The summed E-state index contributed by atoms with van der Waals surface area (Å²) in [4.78, 5) is 3.95. The van der Waals surface area contributed by atoms with Gasteiger partial charge in [0.15, 0.2) is 0 Å². The Labute approximate surface area is 105 Å². The molecule has 17 heavy (non-hydrogen) atoms. The highest BCUT2D eigenvalue weighted by atomic mass is 35.5. The van der Waals surface area contributed by atoms with Crippen molar-refractivity contribution in [2.75, 3.05) is 0 Å². The van der Waals surface area contributed by atoms with Gasteiger partial charge in [-0.05, 0) is 30.5 Å². The standard InChI is InChI=1S/C12H14ClN3O/c1-16-10(6-7-15-16)3-4-11(17)9-2-5-12(13)14-8-9/h2,5-8,11,17H,3-4H2,1H3. The number of pyridine rings is 1. The lowest BCUT2D eigenvalue weighted by Gasteiger charge is -2.10. The van der Waals surface area contributed by atoms with Gasteiger partial charge in [0.2, 0.25) is 0 Å². The molecule has 5 heteroatoms. The molecule has 2 heterocycles. The second-order valence-electron chi connectivity index (χ2n) is 3.91. The van der Waals surface area contributed by atoms with E-state index < -0.39 is 6.10 Å². The van der Waals surface area contributed by atoms with Gasteiger partial charge in [0.1, 0.15) is 5.15 Å². The maximum absolute atomic E-state index is 9.99. The fourth-order valence-electron chi connectivity index (χ4n) is 1.68. The van der Waals surface area contributed by atoms with Crippen molar-refractivity contribution in [3.8, 4) is 0 Å². The zero-order valence-electron chi connectivity index (χ0n) is 9.55. The van der Waals surface area contributed by atoms with Crippen LogP contribution in [0.1, 0.15) is 23.8 Å². The summed E-state index contributed by atoms with van der Waals surface area (Å²) < 4.78 is 1.81. The van der Waals surface area contributed by atoms with Gasteiger partial charge in [0.25, 0.3) is 0 Å². The first-order valence-electron chi connectivity index (χ1n) is 5.43. The van der Waals surface area contributed by atoms with E-state index in [1.165, 1.54) is 0 Å². The van der Waals surface area contributed by atoms with Crippen LogP contribution in [-0.4, -0.2) is 19.9 Å². The molecule has 0 saturated heterocycles. The molecule has 0 spiro atoms.